The Morgan fingerprint density at radius 3 is 2.56 bits per heavy atom. The first-order valence-corrected chi connectivity index (χ1v) is 9.86. The summed E-state index contributed by atoms with van der Waals surface area (Å²) in [5.41, 5.74) is 0.882. The molecule has 8 heteroatoms. The highest BCUT2D eigenvalue weighted by Crippen LogP contribution is 2.29. The van der Waals surface area contributed by atoms with E-state index < -0.39 is 21.5 Å². The number of likely N-dealkylation sites (tertiary alicyclic amines) is 1. The van der Waals surface area contributed by atoms with Crippen LogP contribution in [0.2, 0.25) is 5.02 Å². The maximum atomic E-state index is 12.6. The Morgan fingerprint density at radius 2 is 1.96 bits per heavy atom. The molecule has 1 aromatic carbocycles. The van der Waals surface area contributed by atoms with Crippen LogP contribution < -0.4 is 0 Å². The van der Waals surface area contributed by atoms with Crippen molar-refractivity contribution >= 4 is 45.2 Å². The van der Waals surface area contributed by atoms with Crippen molar-refractivity contribution in [3.63, 3.8) is 0 Å². The predicted octanol–water partition coefficient (Wildman–Crippen LogP) is 2.12. The van der Waals surface area contributed by atoms with Crippen LogP contribution in [0.5, 0.6) is 0 Å². The van der Waals surface area contributed by atoms with Crippen molar-refractivity contribution in [1.29, 1.82) is 0 Å². The molecule has 1 aromatic heterocycles. The van der Waals surface area contributed by atoms with Gasteiger partial charge >= 0.3 is 5.97 Å². The topological polar surface area (TPSA) is 79.6 Å². The molecule has 1 unspecified atom stereocenters. The average Bonchev–Trinajstić information content (AvgIpc) is 2.96. The van der Waals surface area contributed by atoms with Crippen molar-refractivity contribution in [1.82, 2.24) is 9.47 Å². The van der Waals surface area contributed by atoms with Crippen molar-refractivity contribution in [3.05, 3.63) is 35.5 Å². The molecule has 0 aliphatic carbocycles. The van der Waals surface area contributed by atoms with Crippen LogP contribution in [0.4, 0.5) is 0 Å². The van der Waals surface area contributed by atoms with Gasteiger partial charge in [-0.3, -0.25) is 13.8 Å². The molecule has 0 spiro atoms. The summed E-state index contributed by atoms with van der Waals surface area (Å²) in [6.45, 7) is 0.758. The summed E-state index contributed by atoms with van der Waals surface area (Å²) >= 11 is 6.03. The number of hydrogen-bond acceptors (Lipinski definition) is 3. The third-order valence-corrected chi connectivity index (χ3v) is 6.82. The zero-order valence-electron chi connectivity index (χ0n) is 13.8. The Morgan fingerprint density at radius 1 is 1.28 bits per heavy atom. The maximum Gasteiger partial charge on any atom is 0.322 e. The van der Waals surface area contributed by atoms with E-state index in [0.717, 1.165) is 10.9 Å². The molecule has 1 aliphatic rings. The second-order valence-electron chi connectivity index (χ2n) is 6.28. The molecule has 0 radical (unpaired) electrons. The van der Waals surface area contributed by atoms with Gasteiger partial charge in [0, 0.05) is 46.9 Å². The number of carboxylic acids is 1. The number of carbonyl (C=O) groups excluding carboxylic acids is 1. The number of amides is 1. The molecule has 0 saturated carbocycles. The van der Waals surface area contributed by atoms with Gasteiger partial charge in [0.1, 0.15) is 11.3 Å². The lowest BCUT2D eigenvalue weighted by Gasteiger charge is -2.37. The van der Waals surface area contributed by atoms with Crippen LogP contribution in [0, 0.1) is 0 Å². The molecule has 1 saturated heterocycles. The van der Waals surface area contributed by atoms with Crippen LogP contribution >= 0.6 is 11.6 Å². The molecule has 3 rings (SSSR count). The normalized spacial score (nSPS) is 18.2. The fraction of sp³-hybridized carbons (Fsp3) is 0.412. The molecular weight excluding hydrogens is 364 g/mol. The number of rotatable bonds is 4. The van der Waals surface area contributed by atoms with E-state index in [9.17, 15) is 18.9 Å². The van der Waals surface area contributed by atoms with Crippen molar-refractivity contribution in [3.8, 4) is 0 Å². The molecule has 1 atom stereocenters. The van der Waals surface area contributed by atoms with Crippen LogP contribution in [0.25, 0.3) is 10.9 Å². The molecule has 1 N–H and O–H groups in total. The fourth-order valence-corrected chi connectivity index (χ4v) is 4.45. The summed E-state index contributed by atoms with van der Waals surface area (Å²) in [5, 5.41) is 11.0. The van der Waals surface area contributed by atoms with Crippen LogP contribution in [-0.4, -0.2) is 54.8 Å². The minimum absolute atomic E-state index is 0.0849. The summed E-state index contributed by atoms with van der Waals surface area (Å²) in [7, 11) is -1.48. The Hall–Kier alpha value is -1.86. The second kappa shape index (κ2) is 6.80. The third kappa shape index (κ3) is 3.30. The number of piperidine rings is 1. The van der Waals surface area contributed by atoms with Crippen LogP contribution in [-0.2, 0) is 26.9 Å². The summed E-state index contributed by atoms with van der Waals surface area (Å²) in [6, 6.07) is 7.44. The van der Waals surface area contributed by atoms with Crippen LogP contribution in [0.3, 0.4) is 0 Å². The first-order chi connectivity index (χ1) is 11.8. The fourth-order valence-electron chi connectivity index (χ4n) is 3.28. The van der Waals surface area contributed by atoms with E-state index in [0.29, 0.717) is 18.1 Å². The Balaban J connectivity index is 1.71. The number of nitrogens with zero attached hydrogens (tertiary/aromatic N) is 2. The van der Waals surface area contributed by atoms with Crippen molar-refractivity contribution < 1.29 is 18.9 Å². The lowest BCUT2D eigenvalue weighted by molar-refractivity contribution is -0.143. The zero-order valence-corrected chi connectivity index (χ0v) is 15.3. The SMILES string of the molecule is CS(=O)C1(C(=O)O)CCN(C(=O)Cn2ccc3ccc(Cl)cc32)CC1. The van der Waals surface area contributed by atoms with Gasteiger partial charge < -0.3 is 14.6 Å². The predicted molar refractivity (Wildman–Crippen MR) is 97.2 cm³/mol. The van der Waals surface area contributed by atoms with Crippen molar-refractivity contribution in [2.75, 3.05) is 19.3 Å². The van der Waals surface area contributed by atoms with Gasteiger partial charge in [-0.2, -0.15) is 0 Å². The van der Waals surface area contributed by atoms with Crippen molar-refractivity contribution in [2.24, 2.45) is 0 Å². The first kappa shape index (κ1) is 17.9. The van der Waals surface area contributed by atoms with Gasteiger partial charge in [0.05, 0.1) is 0 Å². The smallest absolute Gasteiger partial charge is 0.322 e. The highest BCUT2D eigenvalue weighted by Gasteiger charge is 2.46. The number of aliphatic carboxylic acids is 1. The summed E-state index contributed by atoms with van der Waals surface area (Å²) < 4.78 is 12.5. The van der Waals surface area contributed by atoms with Crippen molar-refractivity contribution in [2.45, 2.75) is 24.1 Å². The van der Waals surface area contributed by atoms with E-state index in [1.807, 2.05) is 29.0 Å². The lowest BCUT2D eigenvalue weighted by atomic mass is 9.95. The quantitative estimate of drug-likeness (QED) is 0.878. The van der Waals surface area contributed by atoms with Crippen LogP contribution in [0.15, 0.2) is 30.5 Å². The maximum absolute atomic E-state index is 12.6. The minimum atomic E-state index is -1.48. The number of hydrogen-bond donors (Lipinski definition) is 1. The first-order valence-electron chi connectivity index (χ1n) is 7.92. The zero-order chi connectivity index (χ0) is 18.2. The average molecular weight is 383 g/mol. The van der Waals surface area contributed by atoms with E-state index in [1.54, 1.807) is 11.0 Å². The van der Waals surface area contributed by atoms with Gasteiger partial charge in [0.2, 0.25) is 5.91 Å². The summed E-state index contributed by atoms with van der Waals surface area (Å²) in [5.74, 6) is -1.13. The largest absolute Gasteiger partial charge is 0.480 e. The molecule has 2 heterocycles. The molecular formula is C17H19ClN2O4S. The van der Waals surface area contributed by atoms with E-state index >= 15 is 0 Å². The van der Waals surface area contributed by atoms with Gasteiger partial charge in [-0.25, -0.2) is 0 Å². The monoisotopic (exact) mass is 382 g/mol. The number of carboxylic acid groups (broad SMARTS) is 1. The van der Waals surface area contributed by atoms with Gasteiger partial charge in [-0.15, -0.1) is 0 Å². The number of fused-ring (bicyclic) bond motifs is 1. The molecule has 6 nitrogen and oxygen atoms in total. The molecule has 25 heavy (non-hydrogen) atoms. The Bertz CT molecular complexity index is 839. The van der Waals surface area contributed by atoms with E-state index in [2.05, 4.69) is 0 Å². The molecule has 0 bridgehead atoms. The van der Waals surface area contributed by atoms with E-state index in [4.69, 9.17) is 11.6 Å². The van der Waals surface area contributed by atoms with E-state index in [1.165, 1.54) is 6.26 Å². The minimum Gasteiger partial charge on any atom is -0.480 e. The van der Waals surface area contributed by atoms with Crippen LogP contribution in [0.1, 0.15) is 12.8 Å². The highest BCUT2D eigenvalue weighted by molar-refractivity contribution is 7.86. The molecule has 1 amide bonds. The Labute approximate surface area is 152 Å². The standard InChI is InChI=1S/C17H19ClN2O4S/c1-25(24)17(16(22)23)5-8-19(9-6-17)15(21)11-20-7-4-12-2-3-13(18)10-14(12)20/h2-4,7,10H,5-6,8-9,11H2,1H3,(H,22,23). The number of aromatic nitrogens is 1. The number of benzene rings is 1. The van der Waals surface area contributed by atoms with Gasteiger partial charge in [-0.1, -0.05) is 17.7 Å². The Kier molecular flexibility index (Phi) is 4.88. The summed E-state index contributed by atoms with van der Waals surface area (Å²) in [4.78, 5) is 25.8. The second-order valence-corrected chi connectivity index (χ2v) is 8.41. The molecule has 2 aromatic rings. The lowest BCUT2D eigenvalue weighted by Crippen LogP contribution is -2.53. The molecule has 1 aliphatic heterocycles. The number of halogens is 1. The number of carbonyl (C=O) groups is 2. The van der Waals surface area contributed by atoms with E-state index in [-0.39, 0.29) is 25.3 Å². The van der Waals surface area contributed by atoms with Gasteiger partial charge in [-0.05, 0) is 36.4 Å². The molecule has 134 valence electrons. The summed E-state index contributed by atoms with van der Waals surface area (Å²) in [6.07, 6.45) is 3.66. The molecule has 1 fully saturated rings. The van der Waals surface area contributed by atoms with Gasteiger partial charge in [0.25, 0.3) is 0 Å². The van der Waals surface area contributed by atoms with Gasteiger partial charge in [0.15, 0.2) is 0 Å². The highest BCUT2D eigenvalue weighted by atomic mass is 35.5. The third-order valence-electron chi connectivity index (χ3n) is 4.91.